The van der Waals surface area contributed by atoms with E-state index in [2.05, 4.69) is 0 Å². The van der Waals surface area contributed by atoms with Crippen LogP contribution in [-0.4, -0.2) is 57.8 Å². The molecule has 0 rings (SSSR count). The van der Waals surface area contributed by atoms with Crippen LogP contribution in [0.1, 0.15) is 0 Å². The van der Waals surface area contributed by atoms with Gasteiger partial charge in [-0.05, 0) is 0 Å². The first-order valence-corrected chi connectivity index (χ1v) is 3.29. The summed E-state index contributed by atoms with van der Waals surface area (Å²) in [4.78, 5) is 31.2. The van der Waals surface area contributed by atoms with Crippen LogP contribution in [0, 0.1) is 0 Å². The SMILES string of the molecule is O=C(O)CN(CC(=O)O)CC(=O)O.[Mn+2]. The van der Waals surface area contributed by atoms with Crippen molar-refractivity contribution in [3.05, 3.63) is 0 Å². The number of aliphatic carboxylic acids is 3. The summed E-state index contributed by atoms with van der Waals surface area (Å²) in [7, 11) is 0. The van der Waals surface area contributed by atoms with Crippen molar-refractivity contribution < 1.29 is 46.8 Å². The van der Waals surface area contributed by atoms with Gasteiger partial charge in [0.15, 0.2) is 0 Å². The van der Waals surface area contributed by atoms with Gasteiger partial charge in [0.1, 0.15) is 0 Å². The number of carboxylic acid groups (broad SMARTS) is 3. The Morgan fingerprint density at radius 2 is 1.00 bits per heavy atom. The molecular weight excluding hydrogens is 237 g/mol. The summed E-state index contributed by atoms with van der Waals surface area (Å²) in [6.07, 6.45) is 0. The molecule has 0 aromatic heterocycles. The molecule has 0 heterocycles. The minimum absolute atomic E-state index is 0. The maximum atomic E-state index is 10.1. The zero-order valence-corrected chi connectivity index (χ0v) is 8.19. The van der Waals surface area contributed by atoms with E-state index in [1.54, 1.807) is 0 Å². The van der Waals surface area contributed by atoms with Crippen molar-refractivity contribution in [2.24, 2.45) is 0 Å². The average Bonchev–Trinajstić information content (AvgIpc) is 1.80. The number of hydrogen-bond donors (Lipinski definition) is 3. The zero-order chi connectivity index (χ0) is 10.4. The van der Waals surface area contributed by atoms with E-state index < -0.39 is 37.5 Å². The fourth-order valence-corrected chi connectivity index (χ4v) is 0.742. The molecule has 0 aromatic rings. The number of carbonyl (C=O) groups is 3. The van der Waals surface area contributed by atoms with Crippen LogP contribution < -0.4 is 0 Å². The van der Waals surface area contributed by atoms with Crippen molar-refractivity contribution in [1.82, 2.24) is 4.90 Å². The van der Waals surface area contributed by atoms with Crippen LogP contribution in [-0.2, 0) is 31.5 Å². The van der Waals surface area contributed by atoms with Crippen molar-refractivity contribution in [3.8, 4) is 0 Å². The smallest absolute Gasteiger partial charge is 0.480 e. The molecule has 7 nitrogen and oxygen atoms in total. The zero-order valence-electron chi connectivity index (χ0n) is 7.01. The van der Waals surface area contributed by atoms with Gasteiger partial charge in [0.05, 0.1) is 19.6 Å². The Morgan fingerprint density at radius 3 is 1.14 bits per heavy atom. The molecule has 3 N–H and O–H groups in total. The summed E-state index contributed by atoms with van der Waals surface area (Å²) in [5.74, 6) is -3.78. The molecule has 0 spiro atoms. The van der Waals surface area contributed by atoms with Crippen LogP contribution in [0.3, 0.4) is 0 Å². The van der Waals surface area contributed by atoms with E-state index in [4.69, 9.17) is 15.3 Å². The van der Waals surface area contributed by atoms with Crippen molar-refractivity contribution in [3.63, 3.8) is 0 Å². The van der Waals surface area contributed by atoms with Gasteiger partial charge in [-0.1, -0.05) is 0 Å². The number of nitrogens with zero attached hydrogens (tertiary/aromatic N) is 1. The molecule has 0 aliphatic rings. The first kappa shape index (κ1) is 15.4. The first-order valence-electron chi connectivity index (χ1n) is 3.29. The summed E-state index contributed by atoms with van der Waals surface area (Å²) in [6.45, 7) is -1.80. The fourth-order valence-electron chi connectivity index (χ4n) is 0.742. The fraction of sp³-hybridized carbons (Fsp3) is 0.500. The second-order valence-electron chi connectivity index (χ2n) is 2.33. The van der Waals surface area contributed by atoms with Crippen LogP contribution in [0.25, 0.3) is 0 Å². The number of hydrogen-bond acceptors (Lipinski definition) is 4. The number of carboxylic acids is 3. The minimum Gasteiger partial charge on any atom is -0.480 e. The standard InChI is InChI=1S/C6H9NO6.Mn/c8-4(9)1-7(2-5(10)11)3-6(12)13;/h1-3H2,(H,8,9)(H,10,11)(H,12,13);/q;+2. The summed E-state index contributed by atoms with van der Waals surface area (Å²) in [6, 6.07) is 0. The predicted octanol–water partition coefficient (Wildman–Crippen LogP) is -1.46. The van der Waals surface area contributed by atoms with Crippen LogP contribution in [0.5, 0.6) is 0 Å². The molecule has 0 saturated heterocycles. The van der Waals surface area contributed by atoms with Gasteiger partial charge in [-0.3, -0.25) is 19.3 Å². The largest absolute Gasteiger partial charge is 2.00 e. The van der Waals surface area contributed by atoms with E-state index in [0.717, 1.165) is 4.90 Å². The molecule has 0 bridgehead atoms. The normalized spacial score (nSPS) is 9.21. The van der Waals surface area contributed by atoms with Crippen molar-refractivity contribution in [1.29, 1.82) is 0 Å². The van der Waals surface area contributed by atoms with E-state index in [1.165, 1.54) is 0 Å². The molecule has 1 radical (unpaired) electrons. The third-order valence-corrected chi connectivity index (χ3v) is 1.08. The summed E-state index contributed by atoms with van der Waals surface area (Å²) in [5.41, 5.74) is 0. The molecule has 8 heteroatoms. The Bertz CT molecular complexity index is 192. The predicted molar refractivity (Wildman–Crippen MR) is 39.3 cm³/mol. The molecular formula is C6H9MnNO6+2. The molecule has 0 saturated carbocycles. The summed E-state index contributed by atoms with van der Waals surface area (Å²) >= 11 is 0. The van der Waals surface area contributed by atoms with E-state index in [0.29, 0.717) is 0 Å². The Labute approximate surface area is 89.8 Å². The van der Waals surface area contributed by atoms with Crippen LogP contribution in [0.4, 0.5) is 0 Å². The third-order valence-electron chi connectivity index (χ3n) is 1.08. The van der Waals surface area contributed by atoms with Gasteiger partial charge in [0, 0.05) is 0 Å². The molecule has 0 aliphatic heterocycles. The van der Waals surface area contributed by atoms with Crippen molar-refractivity contribution in [2.75, 3.05) is 19.6 Å². The Hall–Kier alpha value is -1.11. The topological polar surface area (TPSA) is 115 Å². The second kappa shape index (κ2) is 7.31. The quantitative estimate of drug-likeness (QED) is 0.490. The van der Waals surface area contributed by atoms with Crippen molar-refractivity contribution >= 4 is 17.9 Å². The van der Waals surface area contributed by atoms with E-state index in [9.17, 15) is 14.4 Å². The average molecular weight is 246 g/mol. The minimum atomic E-state index is -1.26. The number of rotatable bonds is 6. The third kappa shape index (κ3) is 8.98. The van der Waals surface area contributed by atoms with E-state index in [1.807, 2.05) is 0 Å². The molecule has 0 unspecified atom stereocenters. The Kier molecular flexibility index (Phi) is 8.02. The van der Waals surface area contributed by atoms with E-state index >= 15 is 0 Å². The molecule has 14 heavy (non-hydrogen) atoms. The molecule has 0 aromatic carbocycles. The Balaban J connectivity index is 0. The maximum Gasteiger partial charge on any atom is 2.00 e. The summed E-state index contributed by atoms with van der Waals surface area (Å²) in [5, 5.41) is 24.8. The monoisotopic (exact) mass is 246 g/mol. The molecule has 0 fully saturated rings. The maximum absolute atomic E-state index is 10.1. The molecule has 0 amide bonds. The van der Waals surface area contributed by atoms with Crippen molar-refractivity contribution in [2.45, 2.75) is 0 Å². The second-order valence-corrected chi connectivity index (χ2v) is 2.33. The molecule has 0 atom stereocenters. The van der Waals surface area contributed by atoms with E-state index in [-0.39, 0.29) is 17.1 Å². The van der Waals surface area contributed by atoms with Crippen LogP contribution in [0.2, 0.25) is 0 Å². The van der Waals surface area contributed by atoms with Gasteiger partial charge >= 0.3 is 35.0 Å². The van der Waals surface area contributed by atoms with Gasteiger partial charge in [-0.2, -0.15) is 0 Å². The molecule has 79 valence electrons. The van der Waals surface area contributed by atoms with Gasteiger partial charge < -0.3 is 15.3 Å². The van der Waals surface area contributed by atoms with Gasteiger partial charge in [0.2, 0.25) is 0 Å². The van der Waals surface area contributed by atoms with Crippen LogP contribution in [0.15, 0.2) is 0 Å². The summed E-state index contributed by atoms with van der Waals surface area (Å²) < 4.78 is 0. The van der Waals surface area contributed by atoms with Crippen LogP contribution >= 0.6 is 0 Å². The van der Waals surface area contributed by atoms with Gasteiger partial charge in [0.25, 0.3) is 0 Å². The van der Waals surface area contributed by atoms with Gasteiger partial charge in [-0.15, -0.1) is 0 Å². The molecule has 0 aliphatic carbocycles. The van der Waals surface area contributed by atoms with Gasteiger partial charge in [-0.25, -0.2) is 0 Å². The first-order chi connectivity index (χ1) is 5.91. The Morgan fingerprint density at radius 1 is 0.786 bits per heavy atom.